The van der Waals surface area contributed by atoms with Crippen molar-refractivity contribution < 1.29 is 17.9 Å². The van der Waals surface area contributed by atoms with Crippen LogP contribution < -0.4 is 20.3 Å². The van der Waals surface area contributed by atoms with E-state index >= 15 is 0 Å². The average molecular weight is 567 g/mol. The predicted octanol–water partition coefficient (Wildman–Crippen LogP) is 2.08. The number of hydrogen-bond donors (Lipinski definition) is 3. The maximum Gasteiger partial charge on any atom is 0.407 e. The van der Waals surface area contributed by atoms with Crippen LogP contribution in [-0.2, 0) is 21.2 Å². The number of alkyl carbamates (subject to hydrolysis) is 1. The molecule has 0 saturated heterocycles. The summed E-state index contributed by atoms with van der Waals surface area (Å²) in [4.78, 5) is 16.0. The molecule has 1 amide bonds. The Morgan fingerprint density at radius 2 is 1.84 bits per heavy atom. The summed E-state index contributed by atoms with van der Waals surface area (Å²) in [5, 5.41) is 8.79. The zero-order valence-electron chi connectivity index (χ0n) is 18.6. The van der Waals surface area contributed by atoms with Gasteiger partial charge in [-0.25, -0.2) is 13.2 Å². The van der Waals surface area contributed by atoms with Crippen LogP contribution in [0.4, 0.5) is 10.5 Å². The second-order valence-corrected chi connectivity index (χ2v) is 9.90. The molecule has 176 valence electrons. The van der Waals surface area contributed by atoms with Gasteiger partial charge in [0.15, 0.2) is 5.96 Å². The van der Waals surface area contributed by atoms with Gasteiger partial charge in [-0.15, -0.1) is 24.0 Å². The molecule has 31 heavy (non-hydrogen) atoms. The summed E-state index contributed by atoms with van der Waals surface area (Å²) >= 11 is 0. The van der Waals surface area contributed by atoms with Gasteiger partial charge < -0.3 is 20.7 Å². The highest BCUT2D eigenvalue weighted by molar-refractivity contribution is 14.0. The second-order valence-electron chi connectivity index (χ2n) is 7.88. The minimum Gasteiger partial charge on any atom is -0.444 e. The van der Waals surface area contributed by atoms with E-state index in [0.717, 1.165) is 17.7 Å². The molecule has 0 atom stereocenters. The molecule has 0 spiro atoms. The van der Waals surface area contributed by atoms with E-state index in [2.05, 4.69) is 20.9 Å². The lowest BCUT2D eigenvalue weighted by molar-refractivity contribution is 0.0529. The van der Waals surface area contributed by atoms with Gasteiger partial charge in [0.2, 0.25) is 10.0 Å². The van der Waals surface area contributed by atoms with Crippen molar-refractivity contribution in [1.29, 1.82) is 0 Å². The van der Waals surface area contributed by atoms with Crippen LogP contribution in [0, 0.1) is 0 Å². The first-order valence-electron chi connectivity index (χ1n) is 10.2. The van der Waals surface area contributed by atoms with Crippen LogP contribution in [-0.4, -0.2) is 64.5 Å². The standard InChI is InChI=1S/C20H33N5O4S.HI/c1-5-21-18(22-11-12-24-19(26)29-20(2,3)4)23-13-15-30(27,28)25-14-10-16-8-6-7-9-17(16)25;/h6-9H,5,10-15H2,1-4H3,(H,24,26)(H2,21,22,23);1H. The summed E-state index contributed by atoms with van der Waals surface area (Å²) < 4.78 is 32.1. The van der Waals surface area contributed by atoms with E-state index in [-0.39, 0.29) is 36.3 Å². The molecule has 0 aliphatic carbocycles. The number of halogens is 1. The fourth-order valence-electron chi connectivity index (χ4n) is 2.98. The number of rotatable bonds is 8. The van der Waals surface area contributed by atoms with Crippen molar-refractivity contribution in [2.75, 3.05) is 42.8 Å². The van der Waals surface area contributed by atoms with Crippen molar-refractivity contribution in [3.8, 4) is 0 Å². The largest absolute Gasteiger partial charge is 0.444 e. The smallest absolute Gasteiger partial charge is 0.407 e. The molecule has 0 unspecified atom stereocenters. The van der Waals surface area contributed by atoms with Gasteiger partial charge in [-0.3, -0.25) is 9.30 Å². The molecule has 11 heteroatoms. The third kappa shape index (κ3) is 9.09. The fourth-order valence-corrected chi connectivity index (χ4v) is 4.37. The van der Waals surface area contributed by atoms with Gasteiger partial charge in [0, 0.05) is 26.2 Å². The molecule has 0 aromatic heterocycles. The Morgan fingerprint density at radius 3 is 2.52 bits per heavy atom. The van der Waals surface area contributed by atoms with Crippen molar-refractivity contribution in [2.45, 2.75) is 39.7 Å². The number of sulfonamides is 1. The molecule has 0 bridgehead atoms. The van der Waals surface area contributed by atoms with Crippen LogP contribution in [0.25, 0.3) is 0 Å². The van der Waals surface area contributed by atoms with Gasteiger partial charge in [-0.1, -0.05) is 18.2 Å². The predicted molar refractivity (Wildman–Crippen MR) is 135 cm³/mol. The molecule has 1 aromatic carbocycles. The Morgan fingerprint density at radius 1 is 1.16 bits per heavy atom. The number of benzene rings is 1. The maximum absolute atomic E-state index is 12.7. The number of ether oxygens (including phenoxy) is 1. The number of carbonyl (C=O) groups excluding carboxylic acids is 1. The molecule has 0 radical (unpaired) electrons. The summed E-state index contributed by atoms with van der Waals surface area (Å²) in [5.41, 5.74) is 1.27. The van der Waals surface area contributed by atoms with Gasteiger partial charge in [-0.05, 0) is 45.7 Å². The first kappa shape index (κ1) is 27.3. The lowest BCUT2D eigenvalue weighted by Crippen LogP contribution is -2.42. The summed E-state index contributed by atoms with van der Waals surface area (Å²) in [6, 6.07) is 7.57. The van der Waals surface area contributed by atoms with Gasteiger partial charge in [0.05, 0.1) is 18.0 Å². The molecule has 0 fully saturated rings. The van der Waals surface area contributed by atoms with Crippen molar-refractivity contribution in [3.05, 3.63) is 29.8 Å². The number of fused-ring (bicyclic) bond motifs is 1. The number of hydrogen-bond acceptors (Lipinski definition) is 5. The normalized spacial score (nSPS) is 13.8. The van der Waals surface area contributed by atoms with E-state index in [1.165, 1.54) is 4.31 Å². The molecule has 0 saturated carbocycles. The van der Waals surface area contributed by atoms with E-state index in [1.807, 2.05) is 31.2 Å². The van der Waals surface area contributed by atoms with E-state index < -0.39 is 21.7 Å². The first-order chi connectivity index (χ1) is 14.1. The Balaban J connectivity index is 0.00000480. The molecular formula is C20H34IN5O4S. The van der Waals surface area contributed by atoms with Crippen LogP contribution in [0.3, 0.4) is 0 Å². The van der Waals surface area contributed by atoms with E-state index in [4.69, 9.17) is 4.74 Å². The highest BCUT2D eigenvalue weighted by Gasteiger charge is 2.28. The van der Waals surface area contributed by atoms with E-state index in [0.29, 0.717) is 32.1 Å². The lowest BCUT2D eigenvalue weighted by Gasteiger charge is -2.20. The molecule has 1 aromatic rings. The Hall–Kier alpha value is -1.76. The zero-order valence-corrected chi connectivity index (χ0v) is 21.7. The molecule has 9 nitrogen and oxygen atoms in total. The van der Waals surface area contributed by atoms with Crippen molar-refractivity contribution in [2.24, 2.45) is 4.99 Å². The minimum absolute atomic E-state index is 0. The first-order valence-corrected chi connectivity index (χ1v) is 11.8. The monoisotopic (exact) mass is 567 g/mol. The van der Waals surface area contributed by atoms with Gasteiger partial charge in [0.1, 0.15) is 5.60 Å². The van der Waals surface area contributed by atoms with Gasteiger partial charge in [-0.2, -0.15) is 0 Å². The molecule has 1 aliphatic heterocycles. The minimum atomic E-state index is -3.44. The summed E-state index contributed by atoms with van der Waals surface area (Å²) in [6.07, 6.45) is 0.247. The third-order valence-corrected chi connectivity index (χ3v) is 5.98. The number of para-hydroxylation sites is 1. The maximum atomic E-state index is 12.7. The van der Waals surface area contributed by atoms with Crippen LogP contribution in [0.1, 0.15) is 33.3 Å². The topological polar surface area (TPSA) is 112 Å². The summed E-state index contributed by atoms with van der Waals surface area (Å²) in [6.45, 7) is 9.35. The number of carbonyl (C=O) groups is 1. The quantitative estimate of drug-likeness (QED) is 0.192. The highest BCUT2D eigenvalue weighted by atomic mass is 127. The Bertz CT molecular complexity index is 855. The number of nitrogens with zero attached hydrogens (tertiary/aromatic N) is 2. The fraction of sp³-hybridized carbons (Fsp3) is 0.600. The second kappa shape index (κ2) is 12.3. The molecule has 1 heterocycles. The van der Waals surface area contributed by atoms with Crippen molar-refractivity contribution >= 4 is 51.7 Å². The van der Waals surface area contributed by atoms with Crippen LogP contribution >= 0.6 is 24.0 Å². The van der Waals surface area contributed by atoms with Gasteiger partial charge >= 0.3 is 6.09 Å². The van der Waals surface area contributed by atoms with Crippen molar-refractivity contribution in [1.82, 2.24) is 16.0 Å². The molecular weight excluding hydrogens is 533 g/mol. The van der Waals surface area contributed by atoms with E-state index in [9.17, 15) is 13.2 Å². The SMILES string of the molecule is CCNC(=NCCS(=O)(=O)N1CCc2ccccc21)NCCNC(=O)OC(C)(C)C.I. The number of aliphatic imine (C=N–C) groups is 1. The Labute approximate surface area is 202 Å². The van der Waals surface area contributed by atoms with Gasteiger partial charge in [0.25, 0.3) is 0 Å². The number of guanidine groups is 1. The van der Waals surface area contributed by atoms with E-state index in [1.54, 1.807) is 20.8 Å². The van der Waals surface area contributed by atoms with Crippen LogP contribution in [0.5, 0.6) is 0 Å². The Kier molecular flexibility index (Phi) is 10.8. The lowest BCUT2D eigenvalue weighted by atomic mass is 10.2. The molecule has 1 aliphatic rings. The average Bonchev–Trinajstić information content (AvgIpc) is 3.08. The zero-order chi connectivity index (χ0) is 22.2. The molecule has 2 rings (SSSR count). The van der Waals surface area contributed by atoms with Crippen LogP contribution in [0.2, 0.25) is 0 Å². The van der Waals surface area contributed by atoms with Crippen molar-refractivity contribution in [3.63, 3.8) is 0 Å². The number of nitrogens with one attached hydrogen (secondary N) is 3. The molecule has 3 N–H and O–H groups in total. The summed E-state index contributed by atoms with van der Waals surface area (Å²) in [7, 11) is -3.44. The van der Waals surface area contributed by atoms with Crippen LogP contribution in [0.15, 0.2) is 29.3 Å². The third-order valence-electron chi connectivity index (χ3n) is 4.23. The number of anilines is 1. The summed E-state index contributed by atoms with van der Waals surface area (Å²) in [5.74, 6) is 0.425. The number of amides is 1. The highest BCUT2D eigenvalue weighted by Crippen LogP contribution is 2.29.